The molecular formula is C28H27F3N6O3. The van der Waals surface area contributed by atoms with Crippen molar-refractivity contribution in [2.24, 2.45) is 7.05 Å². The number of nitrogens with zero attached hydrogens (tertiary/aromatic N) is 5. The molecule has 208 valence electrons. The van der Waals surface area contributed by atoms with Gasteiger partial charge in [0.2, 0.25) is 0 Å². The summed E-state index contributed by atoms with van der Waals surface area (Å²) in [7, 11) is 2.81. The first-order chi connectivity index (χ1) is 19.1. The first-order valence-corrected chi connectivity index (χ1v) is 12.6. The van der Waals surface area contributed by atoms with Crippen molar-refractivity contribution in [1.82, 2.24) is 30.0 Å². The summed E-state index contributed by atoms with van der Waals surface area (Å²) in [6.45, 7) is 1.75. The molecule has 4 aromatic rings. The molecular weight excluding hydrogens is 525 g/mol. The number of alkyl halides is 3. The molecule has 9 nitrogen and oxygen atoms in total. The summed E-state index contributed by atoms with van der Waals surface area (Å²) >= 11 is 0. The molecule has 2 aromatic heterocycles. The maximum atomic E-state index is 13.8. The van der Waals surface area contributed by atoms with Crippen LogP contribution in [-0.2, 0) is 13.2 Å². The number of aryl methyl sites for hydroxylation is 2. The Morgan fingerprint density at radius 2 is 1.82 bits per heavy atom. The fraction of sp³-hybridized carbons (Fsp3) is 0.321. The lowest BCUT2D eigenvalue weighted by molar-refractivity contribution is -0.138. The molecule has 0 bridgehead atoms. The second kappa shape index (κ2) is 10.6. The Hall–Kier alpha value is -4.48. The number of benzene rings is 2. The number of amides is 2. The van der Waals surface area contributed by atoms with E-state index in [0.717, 1.165) is 10.2 Å². The number of likely N-dealkylation sites (tertiary alicyclic amines) is 1. The van der Waals surface area contributed by atoms with E-state index in [4.69, 9.17) is 4.74 Å². The third-order valence-corrected chi connectivity index (χ3v) is 7.17. The molecule has 1 fully saturated rings. The van der Waals surface area contributed by atoms with Gasteiger partial charge in [-0.25, -0.2) is 4.98 Å². The van der Waals surface area contributed by atoms with Crippen LogP contribution >= 0.6 is 0 Å². The van der Waals surface area contributed by atoms with Gasteiger partial charge in [-0.3, -0.25) is 19.3 Å². The van der Waals surface area contributed by atoms with Crippen molar-refractivity contribution in [3.05, 3.63) is 82.9 Å². The number of piperidine rings is 1. The van der Waals surface area contributed by atoms with Gasteiger partial charge in [-0.15, -0.1) is 0 Å². The summed E-state index contributed by atoms with van der Waals surface area (Å²) in [5.74, 6) is -1.06. The highest BCUT2D eigenvalue weighted by atomic mass is 19.4. The molecule has 2 atom stereocenters. The fourth-order valence-electron chi connectivity index (χ4n) is 5.35. The highest BCUT2D eigenvalue weighted by Gasteiger charge is 2.42. The van der Waals surface area contributed by atoms with Crippen LogP contribution in [0.15, 0.2) is 54.9 Å². The van der Waals surface area contributed by atoms with Crippen LogP contribution < -0.4 is 10.1 Å². The largest absolute Gasteiger partial charge is 0.494 e. The monoisotopic (exact) mass is 552 g/mol. The van der Waals surface area contributed by atoms with Crippen LogP contribution in [0.1, 0.15) is 50.0 Å². The van der Waals surface area contributed by atoms with Gasteiger partial charge >= 0.3 is 6.18 Å². The van der Waals surface area contributed by atoms with Gasteiger partial charge < -0.3 is 15.0 Å². The zero-order valence-corrected chi connectivity index (χ0v) is 22.1. The van der Waals surface area contributed by atoms with Gasteiger partial charge in [-0.2, -0.15) is 18.3 Å². The van der Waals surface area contributed by atoms with Crippen molar-refractivity contribution < 1.29 is 27.5 Å². The van der Waals surface area contributed by atoms with E-state index in [1.54, 1.807) is 23.2 Å². The first-order valence-electron chi connectivity index (χ1n) is 12.6. The number of ether oxygens (including phenoxy) is 1. The molecule has 0 unspecified atom stereocenters. The lowest BCUT2D eigenvalue weighted by Crippen LogP contribution is -2.51. The summed E-state index contributed by atoms with van der Waals surface area (Å²) in [5.41, 5.74) is 0.413. The van der Waals surface area contributed by atoms with Crippen LogP contribution in [0, 0.1) is 6.92 Å². The van der Waals surface area contributed by atoms with Crippen molar-refractivity contribution in [2.75, 3.05) is 20.2 Å². The Kier molecular flexibility index (Phi) is 7.17. The molecule has 2 amide bonds. The first kappa shape index (κ1) is 27.1. The summed E-state index contributed by atoms with van der Waals surface area (Å²) in [6, 6.07) is 12.0. The predicted octanol–water partition coefficient (Wildman–Crippen LogP) is 4.13. The van der Waals surface area contributed by atoms with Crippen LogP contribution in [0.2, 0.25) is 0 Å². The topological polar surface area (TPSA) is 102 Å². The summed E-state index contributed by atoms with van der Waals surface area (Å²) in [6.07, 6.45) is -1.32. The Morgan fingerprint density at radius 1 is 1.10 bits per heavy atom. The van der Waals surface area contributed by atoms with Gasteiger partial charge in [0.1, 0.15) is 22.5 Å². The van der Waals surface area contributed by atoms with Crippen molar-refractivity contribution in [3.63, 3.8) is 0 Å². The van der Waals surface area contributed by atoms with E-state index in [0.29, 0.717) is 28.8 Å². The molecule has 1 saturated heterocycles. The number of methoxy groups -OCH3 is 1. The Labute approximate surface area is 228 Å². The van der Waals surface area contributed by atoms with Gasteiger partial charge in [0.05, 0.1) is 18.3 Å². The van der Waals surface area contributed by atoms with Gasteiger partial charge in [0.15, 0.2) is 0 Å². The molecule has 0 aliphatic carbocycles. The minimum absolute atomic E-state index is 0.241. The van der Waals surface area contributed by atoms with E-state index in [1.165, 1.54) is 27.3 Å². The number of hydrogen-bond donors (Lipinski definition) is 1. The number of carbonyl (C=O) groups excluding carboxylic acids is 2. The van der Waals surface area contributed by atoms with E-state index in [1.807, 2.05) is 30.3 Å². The lowest BCUT2D eigenvalue weighted by atomic mass is 9.85. The number of aromatic nitrogens is 4. The van der Waals surface area contributed by atoms with Crippen molar-refractivity contribution in [2.45, 2.75) is 31.5 Å². The van der Waals surface area contributed by atoms with Crippen LogP contribution in [0.5, 0.6) is 5.75 Å². The maximum absolute atomic E-state index is 13.8. The quantitative estimate of drug-likeness (QED) is 0.400. The molecule has 1 aliphatic rings. The van der Waals surface area contributed by atoms with Crippen LogP contribution in [0.25, 0.3) is 11.0 Å². The van der Waals surface area contributed by atoms with Crippen LogP contribution in [0.4, 0.5) is 13.2 Å². The second-order valence-electron chi connectivity index (χ2n) is 9.67. The number of fused-ring (bicyclic) bond motifs is 1. The Balaban J connectivity index is 1.43. The minimum atomic E-state index is -4.73. The Bertz CT molecular complexity index is 1570. The molecule has 1 aliphatic heterocycles. The van der Waals surface area contributed by atoms with E-state index < -0.39 is 29.4 Å². The Morgan fingerprint density at radius 3 is 2.52 bits per heavy atom. The van der Waals surface area contributed by atoms with Crippen LogP contribution in [-0.4, -0.2) is 62.7 Å². The van der Waals surface area contributed by atoms with Crippen molar-refractivity contribution in [3.8, 4) is 5.75 Å². The summed E-state index contributed by atoms with van der Waals surface area (Å²) in [5, 5.41) is 6.65. The predicted molar refractivity (Wildman–Crippen MR) is 140 cm³/mol. The fourth-order valence-corrected chi connectivity index (χ4v) is 5.35. The zero-order valence-electron chi connectivity index (χ0n) is 22.1. The van der Waals surface area contributed by atoms with Gasteiger partial charge in [-0.1, -0.05) is 30.3 Å². The molecule has 0 saturated carbocycles. The lowest BCUT2D eigenvalue weighted by Gasteiger charge is -2.39. The van der Waals surface area contributed by atoms with E-state index in [2.05, 4.69) is 20.4 Å². The number of nitrogens with one attached hydrogen (secondary N) is 1. The number of rotatable bonds is 5. The molecule has 12 heteroatoms. The molecule has 5 rings (SSSR count). The highest BCUT2D eigenvalue weighted by Crippen LogP contribution is 2.35. The van der Waals surface area contributed by atoms with Gasteiger partial charge in [0.25, 0.3) is 11.8 Å². The SMILES string of the molecule is COc1cc(C(=O)N2CC[C@@H](NC(=O)c3c(C(F)(F)F)c(C)nn3C)[C@@H](c3ccccc3)C2)cc2nccnc12. The standard InChI is InChI=1S/C28H27F3N6O3/c1-16-23(28(29,30)31)25(36(2)35-16)26(38)34-20-9-12-37(15-19(20)17-7-5-4-6-8-17)27(39)18-13-21-24(22(14-18)40-3)33-11-10-32-21/h4-8,10-11,13-14,19-20H,9,12,15H2,1-3H3,(H,34,38)/t19-,20-/m1/s1. The molecule has 0 radical (unpaired) electrons. The normalized spacial score (nSPS) is 17.6. The minimum Gasteiger partial charge on any atom is -0.494 e. The summed E-state index contributed by atoms with van der Waals surface area (Å²) < 4.78 is 47.7. The molecule has 0 spiro atoms. The van der Waals surface area contributed by atoms with E-state index >= 15 is 0 Å². The van der Waals surface area contributed by atoms with E-state index in [9.17, 15) is 22.8 Å². The average molecular weight is 553 g/mol. The molecule has 3 heterocycles. The highest BCUT2D eigenvalue weighted by molar-refractivity contribution is 5.99. The van der Waals surface area contributed by atoms with Crippen molar-refractivity contribution in [1.29, 1.82) is 0 Å². The molecule has 2 aromatic carbocycles. The zero-order chi connectivity index (χ0) is 28.6. The second-order valence-corrected chi connectivity index (χ2v) is 9.67. The van der Waals surface area contributed by atoms with Crippen LogP contribution in [0.3, 0.4) is 0 Å². The number of carbonyl (C=O) groups is 2. The third-order valence-electron chi connectivity index (χ3n) is 7.17. The maximum Gasteiger partial charge on any atom is 0.420 e. The number of hydrogen-bond acceptors (Lipinski definition) is 6. The smallest absolute Gasteiger partial charge is 0.420 e. The van der Waals surface area contributed by atoms with Gasteiger partial charge in [-0.05, 0) is 31.0 Å². The molecule has 40 heavy (non-hydrogen) atoms. The molecule has 1 N–H and O–H groups in total. The van der Waals surface area contributed by atoms with E-state index in [-0.39, 0.29) is 30.6 Å². The summed E-state index contributed by atoms with van der Waals surface area (Å²) in [4.78, 5) is 37.1. The third kappa shape index (κ3) is 5.08. The van der Waals surface area contributed by atoms with Gasteiger partial charge in [0, 0.05) is 50.1 Å². The van der Waals surface area contributed by atoms with Crippen molar-refractivity contribution >= 4 is 22.8 Å². The number of halogens is 3. The average Bonchev–Trinajstić information content (AvgIpc) is 3.26.